The Hall–Kier alpha value is 0. The first kappa shape index (κ1) is 8.39. The summed E-state index contributed by atoms with van der Waals surface area (Å²) in [5.74, 6) is 15.9. The molecule has 18 atom stereocenters. The molecule has 0 aromatic heterocycles. The first-order chi connectivity index (χ1) is 10.9. The van der Waals surface area contributed by atoms with Gasteiger partial charge in [-0.15, -0.1) is 0 Å². The summed E-state index contributed by atoms with van der Waals surface area (Å²) in [5.41, 5.74) is 6.55. The summed E-state index contributed by atoms with van der Waals surface area (Å²) in [6.07, 6.45) is 7.01. The fourth-order valence-corrected chi connectivity index (χ4v) is 18.9. The third-order valence-corrected chi connectivity index (χ3v) is 16.4. The lowest BCUT2D eigenvalue weighted by Crippen LogP contribution is -3.32. The maximum atomic E-state index is 1.78. The molecule has 0 aromatic rings. The van der Waals surface area contributed by atoms with Crippen LogP contribution in [-0.4, -0.2) is 0 Å². The van der Waals surface area contributed by atoms with Crippen LogP contribution in [0.2, 0.25) is 0 Å². The number of hydrogen-bond acceptors (Lipinski definition) is 0. The van der Waals surface area contributed by atoms with Crippen LogP contribution >= 0.6 is 0 Å². The highest BCUT2D eigenvalue weighted by Crippen LogP contribution is 3.35. The van der Waals surface area contributed by atoms with E-state index in [0.717, 1.165) is 32.5 Å². The second-order valence-corrected chi connectivity index (χ2v) is 13.1. The average Bonchev–Trinajstić information content (AvgIpc) is 2.41. The van der Waals surface area contributed by atoms with Crippen molar-refractivity contribution in [2.75, 3.05) is 0 Å². The molecule has 13 aliphatic rings. The zero-order chi connectivity index (χ0) is 12.8. The van der Waals surface area contributed by atoms with Crippen LogP contribution in [-0.2, 0) is 0 Å². The Morgan fingerprint density at radius 3 is 2.23 bits per heavy atom. The van der Waals surface area contributed by atoms with E-state index >= 15 is 0 Å². The van der Waals surface area contributed by atoms with Gasteiger partial charge in [-0.25, -0.2) is 0 Å². The van der Waals surface area contributed by atoms with Crippen molar-refractivity contribution in [2.45, 2.75) is 25.7 Å². The molecule has 6 spiro atoms. The van der Waals surface area contributed by atoms with E-state index in [1.54, 1.807) is 25.7 Å². The van der Waals surface area contributed by atoms with Crippen molar-refractivity contribution in [1.82, 2.24) is 0 Å². The molecule has 13 rings (SSSR count). The average molecular weight is 284 g/mol. The smallest absolute Gasteiger partial charge is 0.00598 e. The Morgan fingerprint density at radius 2 is 1.27 bits per heavy atom. The summed E-state index contributed by atoms with van der Waals surface area (Å²) in [7, 11) is 0. The van der Waals surface area contributed by atoms with Gasteiger partial charge in [-0.05, 0) is 129 Å². The number of fused-ring (bicyclic) bond motifs is 6. The van der Waals surface area contributed by atoms with Crippen LogP contribution < -0.4 is 0 Å². The minimum atomic E-state index is 1.08. The Balaban J connectivity index is 1.30. The van der Waals surface area contributed by atoms with Gasteiger partial charge in [0.25, 0.3) is 0 Å². The molecule has 13 saturated carbocycles. The predicted molar refractivity (Wildman–Crippen MR) is 74.9 cm³/mol. The summed E-state index contributed by atoms with van der Waals surface area (Å²) in [6.45, 7) is 0. The van der Waals surface area contributed by atoms with Gasteiger partial charge < -0.3 is 0 Å². The van der Waals surface area contributed by atoms with Gasteiger partial charge in [-0.1, -0.05) is 0 Å². The van der Waals surface area contributed by atoms with E-state index in [2.05, 4.69) is 0 Å². The Labute approximate surface area is 129 Å². The Kier molecular flexibility index (Phi) is 0.555. The summed E-state index contributed by atoms with van der Waals surface area (Å²) in [5, 5.41) is 0. The maximum Gasteiger partial charge on any atom is -0.00598 e. The predicted octanol–water partition coefficient (Wildman–Crippen LogP) is 3.04. The summed E-state index contributed by atoms with van der Waals surface area (Å²) < 4.78 is 0. The molecule has 22 heavy (non-hydrogen) atoms. The molecule has 0 aromatic carbocycles. The molecule has 0 saturated heterocycles. The van der Waals surface area contributed by atoms with Gasteiger partial charge in [-0.2, -0.15) is 0 Å². The SMILES string of the molecule is C1C2C3CC4C5CC6C7CC8C9C%10C1C21C3C2C%101C91C78C65C421. The van der Waals surface area contributed by atoms with E-state index in [-0.39, 0.29) is 0 Å². The molecule has 0 heterocycles. The van der Waals surface area contributed by atoms with Crippen LogP contribution in [0.5, 0.6) is 0 Å². The van der Waals surface area contributed by atoms with Gasteiger partial charge >= 0.3 is 0 Å². The molecule has 0 radical (unpaired) electrons. The quantitative estimate of drug-likeness (QED) is 0.641. The normalized spacial score (nSPS) is 116. The maximum absolute atomic E-state index is 1.78. The number of hydrogen-bond donors (Lipinski definition) is 0. The molecule has 0 N–H and O–H groups in total. The highest BCUT2D eigenvalue weighted by atomic mass is 15.4. The molecular formula is C22H20. The molecule has 13 fully saturated rings. The molecule has 13 aliphatic carbocycles. The van der Waals surface area contributed by atoms with Gasteiger partial charge in [0.1, 0.15) is 0 Å². The molecule has 0 aliphatic heterocycles. The van der Waals surface area contributed by atoms with E-state index < -0.39 is 0 Å². The van der Waals surface area contributed by atoms with Gasteiger partial charge in [0.2, 0.25) is 0 Å². The first-order valence-electron chi connectivity index (χ1n) is 10.9. The summed E-state index contributed by atoms with van der Waals surface area (Å²) >= 11 is 0. The van der Waals surface area contributed by atoms with E-state index in [1.807, 2.05) is 0 Å². The topological polar surface area (TPSA) is 0 Å². The Bertz CT molecular complexity index is 946. The fraction of sp³-hybridized carbons (Fsp3) is 1.00. The monoisotopic (exact) mass is 284 g/mol. The minimum Gasteiger partial charge on any atom is -0.0461 e. The van der Waals surface area contributed by atoms with Gasteiger partial charge in [0.05, 0.1) is 0 Å². The fourth-order valence-electron chi connectivity index (χ4n) is 18.9. The lowest BCUT2D eigenvalue weighted by molar-refractivity contribution is -0.887. The molecule has 0 bridgehead atoms. The highest BCUT2D eigenvalue weighted by molar-refractivity contribution is 5.78. The van der Waals surface area contributed by atoms with Crippen molar-refractivity contribution in [3.63, 3.8) is 0 Å². The standard InChI is InChI=1S/C22H20/c1-5-6-2-11-14-15-12-4-10-9-3-8-7(1)20-16-13(5)17(6,11)21(14,16)22(15,20)19(10,12)18(8,9)20/h5-16H,1-4H2. The lowest BCUT2D eigenvalue weighted by Gasteiger charge is -3.34. The molecule has 0 amide bonds. The van der Waals surface area contributed by atoms with Crippen LogP contribution in [0, 0.1) is 104 Å². The first-order valence-corrected chi connectivity index (χ1v) is 10.9. The highest BCUT2D eigenvalue weighted by Gasteiger charge is 3.32. The van der Waals surface area contributed by atoms with Crippen LogP contribution in [0.3, 0.4) is 0 Å². The van der Waals surface area contributed by atoms with Crippen molar-refractivity contribution >= 4 is 0 Å². The number of rotatable bonds is 0. The molecule has 108 valence electrons. The lowest BCUT2D eigenvalue weighted by atomic mass is 8.69. The summed E-state index contributed by atoms with van der Waals surface area (Å²) in [4.78, 5) is 0. The second-order valence-electron chi connectivity index (χ2n) is 13.1. The van der Waals surface area contributed by atoms with E-state index in [1.165, 1.54) is 71.0 Å². The molecular weight excluding hydrogens is 264 g/mol. The van der Waals surface area contributed by atoms with E-state index in [4.69, 9.17) is 0 Å². The zero-order valence-corrected chi connectivity index (χ0v) is 12.8. The largest absolute Gasteiger partial charge is 0.0461 e. The van der Waals surface area contributed by atoms with E-state index in [0.29, 0.717) is 0 Å². The molecule has 0 heteroatoms. The van der Waals surface area contributed by atoms with Crippen LogP contribution in [0.1, 0.15) is 25.7 Å². The molecule has 18 unspecified atom stereocenters. The van der Waals surface area contributed by atoms with E-state index in [9.17, 15) is 0 Å². The zero-order valence-electron chi connectivity index (χ0n) is 12.8. The van der Waals surface area contributed by atoms with Crippen molar-refractivity contribution in [1.29, 1.82) is 0 Å². The second kappa shape index (κ2) is 1.45. The van der Waals surface area contributed by atoms with Crippen LogP contribution in [0.4, 0.5) is 0 Å². The van der Waals surface area contributed by atoms with Gasteiger partial charge in [-0.3, -0.25) is 0 Å². The third-order valence-electron chi connectivity index (χ3n) is 16.4. The van der Waals surface area contributed by atoms with Crippen molar-refractivity contribution in [3.05, 3.63) is 0 Å². The van der Waals surface area contributed by atoms with Crippen LogP contribution in [0.15, 0.2) is 0 Å². The van der Waals surface area contributed by atoms with Gasteiger partial charge in [0.15, 0.2) is 0 Å². The van der Waals surface area contributed by atoms with Crippen molar-refractivity contribution in [2.24, 2.45) is 104 Å². The molecule has 0 nitrogen and oxygen atoms in total. The Morgan fingerprint density at radius 1 is 0.500 bits per heavy atom. The summed E-state index contributed by atoms with van der Waals surface area (Å²) in [6, 6.07) is 0. The van der Waals surface area contributed by atoms with Crippen LogP contribution in [0.25, 0.3) is 0 Å². The van der Waals surface area contributed by atoms with Gasteiger partial charge in [0, 0.05) is 0 Å². The van der Waals surface area contributed by atoms with Crippen molar-refractivity contribution in [3.8, 4) is 0 Å². The van der Waals surface area contributed by atoms with Crippen molar-refractivity contribution < 1.29 is 0 Å². The third kappa shape index (κ3) is 0.238. The minimum absolute atomic E-state index is 1.08.